The molecule has 0 aliphatic carbocycles. The molecule has 110 valence electrons. The number of nitrogens with two attached hydrogens (primary N) is 1. The first-order valence-corrected chi connectivity index (χ1v) is 7.53. The number of amides is 1. The summed E-state index contributed by atoms with van der Waals surface area (Å²) in [6.07, 6.45) is 3.40. The van der Waals surface area contributed by atoms with Gasteiger partial charge in [-0.2, -0.15) is 0 Å². The summed E-state index contributed by atoms with van der Waals surface area (Å²) in [5, 5.41) is 2.93. The predicted octanol–water partition coefficient (Wildman–Crippen LogP) is 2.60. The van der Waals surface area contributed by atoms with Crippen LogP contribution >= 0.6 is 0 Å². The van der Waals surface area contributed by atoms with Crippen LogP contribution in [0.5, 0.6) is 0 Å². The van der Waals surface area contributed by atoms with Gasteiger partial charge in [0, 0.05) is 24.5 Å². The second kappa shape index (κ2) is 6.75. The van der Waals surface area contributed by atoms with Crippen LogP contribution in [0, 0.1) is 5.92 Å². The van der Waals surface area contributed by atoms with E-state index in [1.54, 1.807) is 0 Å². The Morgan fingerprint density at radius 3 is 2.75 bits per heavy atom. The first kappa shape index (κ1) is 14.9. The molecule has 1 aliphatic heterocycles. The fourth-order valence-electron chi connectivity index (χ4n) is 2.49. The maximum Gasteiger partial charge on any atom is 0.241 e. The topological polar surface area (TPSA) is 58.4 Å². The summed E-state index contributed by atoms with van der Waals surface area (Å²) in [4.78, 5) is 14.4. The van der Waals surface area contributed by atoms with Gasteiger partial charge < -0.3 is 16.0 Å². The van der Waals surface area contributed by atoms with Crippen molar-refractivity contribution in [2.75, 3.05) is 23.3 Å². The van der Waals surface area contributed by atoms with Crippen molar-refractivity contribution in [1.29, 1.82) is 0 Å². The number of nitrogens with one attached hydrogen (secondary N) is 1. The quantitative estimate of drug-likeness (QED) is 0.868. The molecule has 0 saturated carbocycles. The Kier molecular flexibility index (Phi) is 5.01. The van der Waals surface area contributed by atoms with Crippen molar-refractivity contribution in [2.24, 2.45) is 11.7 Å². The zero-order chi connectivity index (χ0) is 14.5. The van der Waals surface area contributed by atoms with Gasteiger partial charge in [-0.15, -0.1) is 0 Å². The average molecular weight is 275 g/mol. The van der Waals surface area contributed by atoms with E-state index in [-0.39, 0.29) is 11.8 Å². The minimum atomic E-state index is -0.449. The molecule has 1 fully saturated rings. The van der Waals surface area contributed by atoms with Crippen LogP contribution in [-0.4, -0.2) is 25.0 Å². The molecular weight excluding hydrogens is 250 g/mol. The number of benzene rings is 1. The highest BCUT2D eigenvalue weighted by molar-refractivity contribution is 5.95. The van der Waals surface area contributed by atoms with Crippen molar-refractivity contribution in [2.45, 2.75) is 39.2 Å². The minimum Gasteiger partial charge on any atom is -0.371 e. The van der Waals surface area contributed by atoms with E-state index in [2.05, 4.69) is 16.3 Å². The Labute approximate surface area is 121 Å². The van der Waals surface area contributed by atoms with Gasteiger partial charge in [-0.25, -0.2) is 0 Å². The lowest BCUT2D eigenvalue weighted by Crippen LogP contribution is -2.40. The second-order valence-corrected chi connectivity index (χ2v) is 5.65. The van der Waals surface area contributed by atoms with E-state index < -0.39 is 6.04 Å². The fourth-order valence-corrected chi connectivity index (χ4v) is 2.49. The third-order valence-corrected chi connectivity index (χ3v) is 4.14. The summed E-state index contributed by atoms with van der Waals surface area (Å²) in [7, 11) is 0. The largest absolute Gasteiger partial charge is 0.371 e. The van der Waals surface area contributed by atoms with Crippen molar-refractivity contribution in [3.8, 4) is 0 Å². The van der Waals surface area contributed by atoms with Crippen LogP contribution in [0.15, 0.2) is 24.3 Å². The smallest absolute Gasteiger partial charge is 0.241 e. The van der Waals surface area contributed by atoms with Gasteiger partial charge in [0.05, 0.1) is 6.04 Å². The third kappa shape index (κ3) is 3.51. The number of rotatable bonds is 5. The van der Waals surface area contributed by atoms with Gasteiger partial charge in [0.15, 0.2) is 0 Å². The lowest BCUT2D eigenvalue weighted by molar-refractivity contribution is -0.118. The van der Waals surface area contributed by atoms with Crippen molar-refractivity contribution in [1.82, 2.24) is 0 Å². The van der Waals surface area contributed by atoms with Crippen LogP contribution < -0.4 is 16.0 Å². The molecule has 0 aromatic heterocycles. The predicted molar refractivity (Wildman–Crippen MR) is 83.9 cm³/mol. The highest BCUT2D eigenvalue weighted by Gasteiger charge is 2.20. The van der Waals surface area contributed by atoms with Gasteiger partial charge in [-0.3, -0.25) is 4.79 Å². The Hall–Kier alpha value is -1.55. The number of carbonyl (C=O) groups excluding carboxylic acids is 1. The lowest BCUT2D eigenvalue weighted by Gasteiger charge is -2.20. The molecule has 0 bridgehead atoms. The number of carbonyl (C=O) groups is 1. The summed E-state index contributed by atoms with van der Waals surface area (Å²) >= 11 is 0. The van der Waals surface area contributed by atoms with Crippen molar-refractivity contribution >= 4 is 17.3 Å². The zero-order valence-corrected chi connectivity index (χ0v) is 12.4. The molecule has 1 aliphatic rings. The van der Waals surface area contributed by atoms with Gasteiger partial charge in [0.2, 0.25) is 5.91 Å². The maximum atomic E-state index is 12.1. The summed E-state index contributed by atoms with van der Waals surface area (Å²) in [5.41, 5.74) is 7.97. The standard InChI is InChI=1S/C16H25N3O/c1-3-12(2)15(17)16(20)18-13-7-6-8-14(11-13)19-9-4-5-10-19/h6-8,11-12,15H,3-5,9-10,17H2,1-2H3,(H,18,20)/t12-,15-/m1/s1. The Balaban J connectivity index is 2.02. The molecule has 0 spiro atoms. The van der Waals surface area contributed by atoms with Crippen LogP contribution in [0.2, 0.25) is 0 Å². The van der Waals surface area contributed by atoms with Crippen LogP contribution in [0.4, 0.5) is 11.4 Å². The third-order valence-electron chi connectivity index (χ3n) is 4.14. The number of nitrogens with zero attached hydrogens (tertiary/aromatic N) is 1. The highest BCUT2D eigenvalue weighted by atomic mass is 16.2. The van der Waals surface area contributed by atoms with Gasteiger partial charge in [0.25, 0.3) is 0 Å². The summed E-state index contributed by atoms with van der Waals surface area (Å²) in [6.45, 7) is 6.25. The van der Waals surface area contributed by atoms with E-state index in [1.165, 1.54) is 18.5 Å². The molecule has 4 nitrogen and oxygen atoms in total. The summed E-state index contributed by atoms with van der Waals surface area (Å²) < 4.78 is 0. The zero-order valence-electron chi connectivity index (χ0n) is 12.4. The van der Waals surface area contributed by atoms with E-state index in [4.69, 9.17) is 5.73 Å². The Morgan fingerprint density at radius 2 is 2.10 bits per heavy atom. The van der Waals surface area contributed by atoms with Gasteiger partial charge in [-0.05, 0) is 37.0 Å². The molecule has 20 heavy (non-hydrogen) atoms. The molecule has 1 heterocycles. The van der Waals surface area contributed by atoms with Gasteiger partial charge in [-0.1, -0.05) is 26.3 Å². The van der Waals surface area contributed by atoms with E-state index in [0.29, 0.717) is 0 Å². The Bertz CT molecular complexity index is 455. The SMILES string of the molecule is CC[C@@H](C)[C@@H](N)C(=O)Nc1cccc(N2CCCC2)c1. The van der Waals surface area contributed by atoms with Gasteiger partial charge in [0.1, 0.15) is 0 Å². The number of anilines is 2. The Morgan fingerprint density at radius 1 is 1.40 bits per heavy atom. The number of hydrogen-bond acceptors (Lipinski definition) is 3. The van der Waals surface area contributed by atoms with Crippen LogP contribution in [0.3, 0.4) is 0 Å². The molecular formula is C16H25N3O. The molecule has 2 rings (SSSR count). The molecule has 1 amide bonds. The number of hydrogen-bond donors (Lipinski definition) is 2. The molecule has 1 aromatic carbocycles. The second-order valence-electron chi connectivity index (χ2n) is 5.65. The summed E-state index contributed by atoms with van der Waals surface area (Å²) in [5.74, 6) is 0.0923. The first-order valence-electron chi connectivity index (χ1n) is 7.53. The van der Waals surface area contributed by atoms with Crippen LogP contribution in [0.1, 0.15) is 33.1 Å². The molecule has 3 N–H and O–H groups in total. The molecule has 0 unspecified atom stereocenters. The summed E-state index contributed by atoms with van der Waals surface area (Å²) in [6, 6.07) is 7.58. The van der Waals surface area contributed by atoms with Crippen molar-refractivity contribution in [3.63, 3.8) is 0 Å². The van der Waals surface area contributed by atoms with Crippen LogP contribution in [-0.2, 0) is 4.79 Å². The molecule has 0 radical (unpaired) electrons. The average Bonchev–Trinajstić information content (AvgIpc) is 3.00. The van der Waals surface area contributed by atoms with E-state index in [1.807, 2.05) is 32.0 Å². The minimum absolute atomic E-state index is 0.0991. The van der Waals surface area contributed by atoms with Crippen molar-refractivity contribution < 1.29 is 4.79 Å². The van der Waals surface area contributed by atoms with E-state index >= 15 is 0 Å². The molecule has 1 saturated heterocycles. The normalized spacial score (nSPS) is 17.9. The molecule has 4 heteroatoms. The van der Waals surface area contributed by atoms with Crippen molar-refractivity contribution in [3.05, 3.63) is 24.3 Å². The maximum absolute atomic E-state index is 12.1. The molecule has 1 aromatic rings. The van der Waals surface area contributed by atoms with Gasteiger partial charge >= 0.3 is 0 Å². The lowest BCUT2D eigenvalue weighted by atomic mass is 9.99. The molecule has 2 atom stereocenters. The van der Waals surface area contributed by atoms with E-state index in [9.17, 15) is 4.79 Å². The fraction of sp³-hybridized carbons (Fsp3) is 0.562. The monoisotopic (exact) mass is 275 g/mol. The van der Waals surface area contributed by atoms with E-state index in [0.717, 1.165) is 25.2 Å². The highest BCUT2D eigenvalue weighted by Crippen LogP contribution is 2.23. The first-order chi connectivity index (χ1) is 9.61. The van der Waals surface area contributed by atoms with Crippen LogP contribution in [0.25, 0.3) is 0 Å².